The van der Waals surface area contributed by atoms with Crippen LogP contribution < -0.4 is 9.47 Å². The molecule has 0 saturated carbocycles. The number of benzene rings is 1. The predicted octanol–water partition coefficient (Wildman–Crippen LogP) is 2.01. The van der Waals surface area contributed by atoms with E-state index in [2.05, 4.69) is 0 Å². The normalized spacial score (nSPS) is 20.7. The third-order valence-electron chi connectivity index (χ3n) is 4.45. The Morgan fingerprint density at radius 2 is 1.64 bits per heavy atom. The van der Waals surface area contributed by atoms with Gasteiger partial charge in [-0.05, 0) is 26.0 Å². The van der Waals surface area contributed by atoms with Gasteiger partial charge in [-0.15, -0.1) is 0 Å². The Morgan fingerprint density at radius 1 is 1.04 bits per heavy atom. The molecule has 1 aromatic carbocycles. The number of ether oxygens (including phenoxy) is 4. The van der Waals surface area contributed by atoms with Crippen LogP contribution in [0, 0.1) is 0 Å². The van der Waals surface area contributed by atoms with Crippen molar-refractivity contribution < 1.29 is 27.4 Å². The summed E-state index contributed by atoms with van der Waals surface area (Å²) < 4.78 is 49.8. The Morgan fingerprint density at radius 3 is 2.24 bits per heavy atom. The molecule has 2 heterocycles. The number of nitrogens with zero attached hydrogens (tertiary/aromatic N) is 1. The molecule has 0 aromatic heterocycles. The van der Waals surface area contributed by atoms with E-state index in [-0.39, 0.29) is 4.90 Å². The van der Waals surface area contributed by atoms with Crippen LogP contribution in [0.1, 0.15) is 26.7 Å². The van der Waals surface area contributed by atoms with Crippen molar-refractivity contribution in [2.75, 3.05) is 39.5 Å². The molecule has 2 saturated heterocycles. The van der Waals surface area contributed by atoms with E-state index in [1.165, 1.54) is 10.4 Å². The molecule has 0 N–H and O–H groups in total. The lowest BCUT2D eigenvalue weighted by molar-refractivity contribution is -0.179. The van der Waals surface area contributed by atoms with Crippen LogP contribution in [0.5, 0.6) is 11.5 Å². The van der Waals surface area contributed by atoms with Gasteiger partial charge in [-0.3, -0.25) is 0 Å². The van der Waals surface area contributed by atoms with Crippen molar-refractivity contribution in [1.82, 2.24) is 4.31 Å². The van der Waals surface area contributed by atoms with E-state index in [0.29, 0.717) is 63.9 Å². The molecule has 2 aliphatic heterocycles. The molecule has 0 radical (unpaired) electrons. The Labute approximate surface area is 148 Å². The van der Waals surface area contributed by atoms with Crippen LogP contribution in [0.15, 0.2) is 23.1 Å². The molecular weight excluding hydrogens is 346 g/mol. The zero-order valence-corrected chi connectivity index (χ0v) is 15.5. The Kier molecular flexibility index (Phi) is 5.52. The van der Waals surface area contributed by atoms with Gasteiger partial charge in [0, 0.05) is 32.0 Å². The monoisotopic (exact) mass is 371 g/mol. The zero-order chi connectivity index (χ0) is 17.9. The van der Waals surface area contributed by atoms with Crippen LogP contribution >= 0.6 is 0 Å². The van der Waals surface area contributed by atoms with Gasteiger partial charge in [0.05, 0.1) is 31.3 Å². The quantitative estimate of drug-likeness (QED) is 0.762. The molecular formula is C17H25NO6S. The lowest BCUT2D eigenvalue weighted by Gasteiger charge is -2.36. The molecule has 25 heavy (non-hydrogen) atoms. The second-order valence-electron chi connectivity index (χ2n) is 5.99. The van der Waals surface area contributed by atoms with Crippen molar-refractivity contribution in [1.29, 1.82) is 0 Å². The molecule has 0 bridgehead atoms. The first-order valence-electron chi connectivity index (χ1n) is 8.68. The van der Waals surface area contributed by atoms with Crippen molar-refractivity contribution in [3.05, 3.63) is 18.2 Å². The second-order valence-corrected chi connectivity index (χ2v) is 7.92. The van der Waals surface area contributed by atoms with Gasteiger partial charge in [0.1, 0.15) is 0 Å². The highest BCUT2D eigenvalue weighted by atomic mass is 32.2. The molecule has 0 atom stereocenters. The molecule has 1 aromatic rings. The number of sulfonamides is 1. The van der Waals surface area contributed by atoms with E-state index in [1.54, 1.807) is 12.1 Å². The Balaban J connectivity index is 1.79. The summed E-state index contributed by atoms with van der Waals surface area (Å²) in [5.74, 6) is 0.399. The third-order valence-corrected chi connectivity index (χ3v) is 6.35. The van der Waals surface area contributed by atoms with Gasteiger partial charge >= 0.3 is 0 Å². The van der Waals surface area contributed by atoms with Gasteiger partial charge in [-0.2, -0.15) is 4.31 Å². The standard InChI is InChI=1S/C17H25NO6S/c1-3-21-15-6-5-14(13-16(15)22-4-2)25(19,20)18-9-7-17(8-10-18)23-11-12-24-17/h5-6,13H,3-4,7-12H2,1-2H3. The fourth-order valence-corrected chi connectivity index (χ4v) is 4.65. The van der Waals surface area contributed by atoms with Crippen molar-refractivity contribution >= 4 is 10.0 Å². The van der Waals surface area contributed by atoms with Gasteiger partial charge < -0.3 is 18.9 Å². The number of hydrogen-bond donors (Lipinski definition) is 0. The van der Waals surface area contributed by atoms with Gasteiger partial charge in [-0.1, -0.05) is 0 Å². The molecule has 0 amide bonds. The lowest BCUT2D eigenvalue weighted by Crippen LogP contribution is -2.47. The third kappa shape index (κ3) is 3.76. The Hall–Kier alpha value is -1.35. The summed E-state index contributed by atoms with van der Waals surface area (Å²) >= 11 is 0. The molecule has 140 valence electrons. The van der Waals surface area contributed by atoms with Crippen molar-refractivity contribution in [3.8, 4) is 11.5 Å². The van der Waals surface area contributed by atoms with E-state index < -0.39 is 15.8 Å². The minimum absolute atomic E-state index is 0.212. The first-order chi connectivity index (χ1) is 12.0. The van der Waals surface area contributed by atoms with Gasteiger partial charge in [0.25, 0.3) is 0 Å². The van der Waals surface area contributed by atoms with Crippen LogP contribution in [-0.4, -0.2) is 58.0 Å². The fourth-order valence-electron chi connectivity index (χ4n) is 3.19. The van der Waals surface area contributed by atoms with E-state index in [4.69, 9.17) is 18.9 Å². The van der Waals surface area contributed by atoms with Crippen LogP contribution in [-0.2, 0) is 19.5 Å². The zero-order valence-electron chi connectivity index (χ0n) is 14.7. The van der Waals surface area contributed by atoms with Gasteiger partial charge in [0.2, 0.25) is 10.0 Å². The first kappa shape index (κ1) is 18.4. The van der Waals surface area contributed by atoms with Gasteiger partial charge in [0.15, 0.2) is 17.3 Å². The maximum Gasteiger partial charge on any atom is 0.243 e. The smallest absolute Gasteiger partial charge is 0.243 e. The maximum absolute atomic E-state index is 13.0. The molecule has 7 nitrogen and oxygen atoms in total. The SMILES string of the molecule is CCOc1ccc(S(=O)(=O)N2CCC3(CC2)OCCO3)cc1OCC. The Bertz CT molecular complexity index is 689. The predicted molar refractivity (Wildman–Crippen MR) is 91.4 cm³/mol. The average molecular weight is 371 g/mol. The molecule has 2 aliphatic rings. The maximum atomic E-state index is 13.0. The fraction of sp³-hybridized carbons (Fsp3) is 0.647. The van der Waals surface area contributed by atoms with Crippen LogP contribution in [0.25, 0.3) is 0 Å². The van der Waals surface area contributed by atoms with E-state index in [9.17, 15) is 8.42 Å². The van der Waals surface area contributed by atoms with Crippen LogP contribution in [0.2, 0.25) is 0 Å². The first-order valence-corrected chi connectivity index (χ1v) is 10.1. The topological polar surface area (TPSA) is 74.3 Å². The lowest BCUT2D eigenvalue weighted by atomic mass is 10.1. The molecule has 1 spiro atoms. The molecule has 0 aliphatic carbocycles. The largest absolute Gasteiger partial charge is 0.490 e. The molecule has 8 heteroatoms. The average Bonchev–Trinajstić information content (AvgIpc) is 3.05. The molecule has 3 rings (SSSR count). The van der Waals surface area contributed by atoms with Crippen molar-refractivity contribution in [2.45, 2.75) is 37.4 Å². The van der Waals surface area contributed by atoms with E-state index >= 15 is 0 Å². The summed E-state index contributed by atoms with van der Waals surface area (Å²) in [5.41, 5.74) is 0. The summed E-state index contributed by atoms with van der Waals surface area (Å²) in [6.07, 6.45) is 1.09. The van der Waals surface area contributed by atoms with Crippen LogP contribution in [0.3, 0.4) is 0 Å². The molecule has 0 unspecified atom stereocenters. The van der Waals surface area contributed by atoms with Crippen molar-refractivity contribution in [2.24, 2.45) is 0 Å². The summed E-state index contributed by atoms with van der Waals surface area (Å²) in [7, 11) is -3.59. The van der Waals surface area contributed by atoms with E-state index in [0.717, 1.165) is 0 Å². The number of rotatable bonds is 6. The highest BCUT2D eigenvalue weighted by Gasteiger charge is 2.42. The minimum atomic E-state index is -3.59. The molecule has 2 fully saturated rings. The summed E-state index contributed by atoms with van der Waals surface area (Å²) in [4.78, 5) is 0.212. The van der Waals surface area contributed by atoms with Crippen LogP contribution in [0.4, 0.5) is 0 Å². The highest BCUT2D eigenvalue weighted by Crippen LogP contribution is 2.35. The summed E-state index contributed by atoms with van der Waals surface area (Å²) in [6.45, 7) is 6.54. The van der Waals surface area contributed by atoms with E-state index in [1.807, 2.05) is 13.8 Å². The summed E-state index contributed by atoms with van der Waals surface area (Å²) in [5, 5.41) is 0. The summed E-state index contributed by atoms with van der Waals surface area (Å²) in [6, 6.07) is 4.75. The number of hydrogen-bond acceptors (Lipinski definition) is 6. The van der Waals surface area contributed by atoms with Gasteiger partial charge in [-0.25, -0.2) is 8.42 Å². The second kappa shape index (κ2) is 7.49. The highest BCUT2D eigenvalue weighted by molar-refractivity contribution is 7.89. The van der Waals surface area contributed by atoms with Crippen molar-refractivity contribution in [3.63, 3.8) is 0 Å². The minimum Gasteiger partial charge on any atom is -0.490 e. The number of piperidine rings is 1.